The molecule has 7 heteroatoms. The fourth-order valence-electron chi connectivity index (χ4n) is 2.19. The molecule has 1 saturated heterocycles. The van der Waals surface area contributed by atoms with Crippen molar-refractivity contribution >= 4 is 21.6 Å². The van der Waals surface area contributed by atoms with Crippen LogP contribution in [-0.2, 0) is 14.8 Å². The highest BCUT2D eigenvalue weighted by Gasteiger charge is 2.40. The van der Waals surface area contributed by atoms with Crippen molar-refractivity contribution in [3.63, 3.8) is 0 Å². The number of halogens is 1. The quantitative estimate of drug-likeness (QED) is 0.837. The highest BCUT2D eigenvalue weighted by Crippen LogP contribution is 2.31. The number of benzene rings is 1. The summed E-state index contributed by atoms with van der Waals surface area (Å²) in [6.45, 7) is 4.59. The van der Waals surface area contributed by atoms with Crippen LogP contribution >= 0.6 is 11.6 Å². The third kappa shape index (κ3) is 2.67. The molecule has 0 aromatic heterocycles. The molecule has 1 fully saturated rings. The van der Waals surface area contributed by atoms with E-state index in [1.807, 2.05) is 6.07 Å². The van der Waals surface area contributed by atoms with Crippen LogP contribution in [0.25, 0.3) is 0 Å². The lowest BCUT2D eigenvalue weighted by Gasteiger charge is -2.40. The summed E-state index contributed by atoms with van der Waals surface area (Å²) in [7, 11) is -3.71. The van der Waals surface area contributed by atoms with Gasteiger partial charge >= 0.3 is 0 Å². The van der Waals surface area contributed by atoms with E-state index in [0.29, 0.717) is 18.8 Å². The van der Waals surface area contributed by atoms with Crippen LogP contribution in [0.1, 0.15) is 19.4 Å². The minimum absolute atomic E-state index is 0.0214. The van der Waals surface area contributed by atoms with Gasteiger partial charge in [-0.15, -0.1) is 0 Å². The Labute approximate surface area is 123 Å². The number of nitrogens with zero attached hydrogens (tertiary/aromatic N) is 2. The Balaban J connectivity index is 2.48. The van der Waals surface area contributed by atoms with E-state index in [0.717, 1.165) is 0 Å². The van der Waals surface area contributed by atoms with Gasteiger partial charge in [0, 0.05) is 6.54 Å². The number of rotatable bonds is 2. The zero-order valence-corrected chi connectivity index (χ0v) is 12.8. The third-order valence-corrected chi connectivity index (χ3v) is 5.79. The van der Waals surface area contributed by atoms with Gasteiger partial charge in [0.2, 0.25) is 10.0 Å². The molecule has 0 aliphatic carbocycles. The highest BCUT2D eigenvalue weighted by atomic mass is 35.5. The molecule has 0 bridgehead atoms. The monoisotopic (exact) mass is 314 g/mol. The molecule has 108 valence electrons. The second-order valence-corrected chi connectivity index (χ2v) is 7.44. The zero-order chi connectivity index (χ0) is 15.0. The lowest BCUT2D eigenvalue weighted by Crippen LogP contribution is -2.55. The first-order chi connectivity index (χ1) is 9.29. The molecule has 1 aromatic rings. The fraction of sp³-hybridized carbons (Fsp3) is 0.462. The minimum atomic E-state index is -3.71. The summed E-state index contributed by atoms with van der Waals surface area (Å²) >= 11 is 6.02. The molecule has 1 heterocycles. The maximum absolute atomic E-state index is 12.7. The van der Waals surface area contributed by atoms with E-state index in [2.05, 4.69) is 0 Å². The Morgan fingerprint density at radius 1 is 1.45 bits per heavy atom. The van der Waals surface area contributed by atoms with E-state index in [1.165, 1.54) is 22.5 Å². The van der Waals surface area contributed by atoms with E-state index in [1.54, 1.807) is 13.8 Å². The van der Waals surface area contributed by atoms with Gasteiger partial charge in [-0.3, -0.25) is 0 Å². The third-order valence-electron chi connectivity index (χ3n) is 3.20. The van der Waals surface area contributed by atoms with Gasteiger partial charge in [0.1, 0.15) is 4.90 Å². The van der Waals surface area contributed by atoms with Crippen LogP contribution in [0.15, 0.2) is 23.1 Å². The molecule has 0 atom stereocenters. The summed E-state index contributed by atoms with van der Waals surface area (Å²) in [6, 6.07) is 6.12. The first kappa shape index (κ1) is 15.3. The summed E-state index contributed by atoms with van der Waals surface area (Å²) < 4.78 is 32.2. The molecular weight excluding hydrogens is 300 g/mol. The maximum Gasteiger partial charge on any atom is 0.245 e. The molecule has 1 aliphatic heterocycles. The number of ether oxygens (including phenoxy) is 1. The van der Waals surface area contributed by atoms with Crippen molar-refractivity contribution in [2.45, 2.75) is 24.3 Å². The standard InChI is InChI=1S/C13H15ClN2O3S/c1-13(2)9-19-6-5-16(13)20(17,18)12-4-3-10(8-15)7-11(12)14/h3-4,7H,5-6,9H2,1-2H3. The maximum atomic E-state index is 12.7. The van der Waals surface area contributed by atoms with Gasteiger partial charge in [0.25, 0.3) is 0 Å². The Morgan fingerprint density at radius 3 is 2.70 bits per heavy atom. The Hall–Kier alpha value is -1.13. The highest BCUT2D eigenvalue weighted by molar-refractivity contribution is 7.89. The van der Waals surface area contributed by atoms with Gasteiger partial charge < -0.3 is 4.74 Å². The molecule has 5 nitrogen and oxygen atoms in total. The molecule has 20 heavy (non-hydrogen) atoms. The normalized spacial score (nSPS) is 19.5. The van der Waals surface area contributed by atoms with Crippen LogP contribution in [0.3, 0.4) is 0 Å². The summed E-state index contributed by atoms with van der Waals surface area (Å²) in [5.41, 5.74) is -0.302. The van der Waals surface area contributed by atoms with Gasteiger partial charge in [-0.25, -0.2) is 8.42 Å². The van der Waals surface area contributed by atoms with Crippen molar-refractivity contribution in [1.82, 2.24) is 4.31 Å². The van der Waals surface area contributed by atoms with E-state index in [4.69, 9.17) is 21.6 Å². The van der Waals surface area contributed by atoms with Gasteiger partial charge in [-0.2, -0.15) is 9.57 Å². The molecule has 0 radical (unpaired) electrons. The first-order valence-electron chi connectivity index (χ1n) is 6.09. The molecule has 0 N–H and O–H groups in total. The molecule has 1 aromatic carbocycles. The van der Waals surface area contributed by atoms with E-state index in [-0.39, 0.29) is 16.5 Å². The van der Waals surface area contributed by atoms with Crippen LogP contribution in [0, 0.1) is 11.3 Å². The van der Waals surface area contributed by atoms with E-state index in [9.17, 15) is 8.42 Å². The van der Waals surface area contributed by atoms with Gasteiger partial charge in [0.05, 0.1) is 35.4 Å². The van der Waals surface area contributed by atoms with Crippen molar-refractivity contribution in [3.05, 3.63) is 28.8 Å². The predicted octanol–water partition coefficient (Wildman–Crippen LogP) is 2.01. The van der Waals surface area contributed by atoms with Crippen molar-refractivity contribution in [1.29, 1.82) is 5.26 Å². The predicted molar refractivity (Wildman–Crippen MR) is 75.0 cm³/mol. The van der Waals surface area contributed by atoms with E-state index < -0.39 is 15.6 Å². The molecule has 0 spiro atoms. The zero-order valence-electron chi connectivity index (χ0n) is 11.3. The van der Waals surface area contributed by atoms with Gasteiger partial charge in [0.15, 0.2) is 0 Å². The Bertz CT molecular complexity index is 665. The van der Waals surface area contributed by atoms with Crippen LogP contribution in [0.5, 0.6) is 0 Å². The molecule has 0 unspecified atom stereocenters. The van der Waals surface area contributed by atoms with E-state index >= 15 is 0 Å². The number of morpholine rings is 1. The topological polar surface area (TPSA) is 70.4 Å². The van der Waals surface area contributed by atoms with Crippen LogP contribution < -0.4 is 0 Å². The average Bonchev–Trinajstić information content (AvgIpc) is 2.37. The SMILES string of the molecule is CC1(C)COCCN1S(=O)(=O)c1ccc(C#N)cc1Cl. The number of hydrogen-bond acceptors (Lipinski definition) is 4. The summed E-state index contributed by atoms with van der Waals surface area (Å²) in [4.78, 5) is 0.0214. The lowest BCUT2D eigenvalue weighted by molar-refractivity contribution is -0.00770. The van der Waals surface area contributed by atoms with Crippen LogP contribution in [0.2, 0.25) is 5.02 Å². The van der Waals surface area contributed by atoms with Crippen molar-refractivity contribution in [3.8, 4) is 6.07 Å². The molecule has 2 rings (SSSR count). The van der Waals surface area contributed by atoms with Gasteiger partial charge in [-0.1, -0.05) is 11.6 Å². The Morgan fingerprint density at radius 2 is 2.15 bits per heavy atom. The smallest absolute Gasteiger partial charge is 0.245 e. The van der Waals surface area contributed by atoms with Crippen molar-refractivity contribution < 1.29 is 13.2 Å². The molecule has 0 saturated carbocycles. The molecule has 0 amide bonds. The van der Waals surface area contributed by atoms with Crippen LogP contribution in [-0.4, -0.2) is 38.0 Å². The summed E-state index contributed by atoms with van der Waals surface area (Å²) in [5.74, 6) is 0. The average molecular weight is 315 g/mol. The summed E-state index contributed by atoms with van der Waals surface area (Å²) in [6.07, 6.45) is 0. The number of nitriles is 1. The first-order valence-corrected chi connectivity index (χ1v) is 7.91. The Kier molecular flexibility index (Phi) is 4.07. The molecular formula is C13H15ClN2O3S. The molecule has 1 aliphatic rings. The van der Waals surface area contributed by atoms with Gasteiger partial charge in [-0.05, 0) is 32.0 Å². The number of hydrogen-bond donors (Lipinski definition) is 0. The fourth-order valence-corrected chi connectivity index (χ4v) is 4.46. The largest absolute Gasteiger partial charge is 0.378 e. The second-order valence-electron chi connectivity index (χ2n) is 5.20. The summed E-state index contributed by atoms with van der Waals surface area (Å²) in [5, 5.41) is 8.86. The second kappa shape index (κ2) is 5.34. The van der Waals surface area contributed by atoms with Crippen molar-refractivity contribution in [2.24, 2.45) is 0 Å². The van der Waals surface area contributed by atoms with Crippen molar-refractivity contribution in [2.75, 3.05) is 19.8 Å². The lowest BCUT2D eigenvalue weighted by atomic mass is 10.1. The number of sulfonamides is 1. The van der Waals surface area contributed by atoms with Crippen LogP contribution in [0.4, 0.5) is 0 Å². The minimum Gasteiger partial charge on any atom is -0.378 e.